The second-order valence-corrected chi connectivity index (χ2v) is 4.19. The zero-order chi connectivity index (χ0) is 12.4. The molecule has 0 radical (unpaired) electrons. The molecule has 0 bridgehead atoms. The summed E-state index contributed by atoms with van der Waals surface area (Å²) in [6, 6.07) is 4.97. The Hall–Kier alpha value is -1.84. The van der Waals surface area contributed by atoms with Crippen LogP contribution in [0.5, 0.6) is 0 Å². The predicted octanol–water partition coefficient (Wildman–Crippen LogP) is 2.07. The van der Waals surface area contributed by atoms with Gasteiger partial charge in [0.15, 0.2) is 0 Å². The zero-order valence-corrected chi connectivity index (χ0v) is 9.77. The van der Waals surface area contributed by atoms with Gasteiger partial charge in [0.2, 0.25) is 5.91 Å². The van der Waals surface area contributed by atoms with Crippen LogP contribution < -0.4 is 4.90 Å². The molecule has 1 heterocycles. The van der Waals surface area contributed by atoms with Crippen molar-refractivity contribution in [2.24, 2.45) is 0 Å². The fourth-order valence-electron chi connectivity index (χ4n) is 2.16. The summed E-state index contributed by atoms with van der Waals surface area (Å²) in [6.45, 7) is 2.71. The molecule has 1 aromatic carbocycles. The third kappa shape index (κ3) is 2.16. The minimum absolute atomic E-state index is 0.127. The molecule has 90 valence electrons. The van der Waals surface area contributed by atoms with Gasteiger partial charge in [-0.25, -0.2) is 4.79 Å². The van der Waals surface area contributed by atoms with Crippen LogP contribution >= 0.6 is 0 Å². The lowest BCUT2D eigenvalue weighted by atomic mass is 9.98. The van der Waals surface area contributed by atoms with Crippen LogP contribution in [-0.4, -0.2) is 23.5 Å². The standard InChI is InChI=1S/C13H15NO3/c1-2-7-14-11-5-3-10(13(16)17)8-9(11)4-6-12(14)15/h3,5,8H,2,4,6-7H2,1H3,(H,16,17). The Bertz CT molecular complexity index is 468. The van der Waals surface area contributed by atoms with Crippen LogP contribution in [-0.2, 0) is 11.2 Å². The van der Waals surface area contributed by atoms with Crippen LogP contribution in [0.4, 0.5) is 5.69 Å². The van der Waals surface area contributed by atoms with Crippen LogP contribution in [0.1, 0.15) is 35.7 Å². The maximum atomic E-state index is 11.8. The number of anilines is 1. The molecule has 4 nitrogen and oxygen atoms in total. The van der Waals surface area contributed by atoms with Crippen molar-refractivity contribution < 1.29 is 14.7 Å². The summed E-state index contributed by atoms with van der Waals surface area (Å²) >= 11 is 0. The van der Waals surface area contributed by atoms with Crippen molar-refractivity contribution in [1.82, 2.24) is 0 Å². The molecule has 1 aliphatic heterocycles. The molecule has 0 unspecified atom stereocenters. The summed E-state index contributed by atoms with van der Waals surface area (Å²) in [5.74, 6) is -0.797. The minimum atomic E-state index is -0.924. The molecule has 0 spiro atoms. The van der Waals surface area contributed by atoms with Crippen molar-refractivity contribution in [2.75, 3.05) is 11.4 Å². The van der Waals surface area contributed by atoms with Gasteiger partial charge in [-0.05, 0) is 36.6 Å². The van der Waals surface area contributed by atoms with E-state index in [1.807, 2.05) is 6.92 Å². The number of carbonyl (C=O) groups is 2. The van der Waals surface area contributed by atoms with E-state index in [1.165, 1.54) is 0 Å². The molecule has 2 rings (SSSR count). The largest absolute Gasteiger partial charge is 0.478 e. The molecule has 0 fully saturated rings. The van der Waals surface area contributed by atoms with Gasteiger partial charge < -0.3 is 10.0 Å². The average molecular weight is 233 g/mol. The van der Waals surface area contributed by atoms with Gasteiger partial charge in [-0.3, -0.25) is 4.79 Å². The molecule has 1 aromatic rings. The average Bonchev–Trinajstić information content (AvgIpc) is 2.32. The van der Waals surface area contributed by atoms with Gasteiger partial charge in [0.25, 0.3) is 0 Å². The van der Waals surface area contributed by atoms with Crippen molar-refractivity contribution in [3.63, 3.8) is 0 Å². The van der Waals surface area contributed by atoms with E-state index in [1.54, 1.807) is 23.1 Å². The van der Waals surface area contributed by atoms with Crippen molar-refractivity contribution in [3.8, 4) is 0 Å². The zero-order valence-electron chi connectivity index (χ0n) is 9.77. The highest BCUT2D eigenvalue weighted by atomic mass is 16.4. The van der Waals surface area contributed by atoms with E-state index in [0.717, 1.165) is 17.7 Å². The third-order valence-corrected chi connectivity index (χ3v) is 2.97. The summed E-state index contributed by atoms with van der Waals surface area (Å²) in [4.78, 5) is 24.4. The lowest BCUT2D eigenvalue weighted by Gasteiger charge is -2.29. The van der Waals surface area contributed by atoms with Crippen LogP contribution in [0.25, 0.3) is 0 Å². The fourth-order valence-corrected chi connectivity index (χ4v) is 2.16. The molecule has 0 atom stereocenters. The van der Waals surface area contributed by atoms with Crippen molar-refractivity contribution in [3.05, 3.63) is 29.3 Å². The van der Waals surface area contributed by atoms with Crippen LogP contribution in [0.2, 0.25) is 0 Å². The monoisotopic (exact) mass is 233 g/mol. The molecule has 0 saturated carbocycles. The van der Waals surface area contributed by atoms with E-state index < -0.39 is 5.97 Å². The highest BCUT2D eigenvalue weighted by Crippen LogP contribution is 2.28. The van der Waals surface area contributed by atoms with Crippen molar-refractivity contribution in [2.45, 2.75) is 26.2 Å². The number of aryl methyl sites for hydroxylation is 1. The number of hydrogen-bond donors (Lipinski definition) is 1. The molecular weight excluding hydrogens is 218 g/mol. The fraction of sp³-hybridized carbons (Fsp3) is 0.385. The first kappa shape index (κ1) is 11.6. The second kappa shape index (κ2) is 4.57. The molecular formula is C13H15NO3. The number of amides is 1. The maximum absolute atomic E-state index is 11.8. The highest BCUT2D eigenvalue weighted by Gasteiger charge is 2.23. The Labute approximate surface area is 99.9 Å². The summed E-state index contributed by atoms with van der Waals surface area (Å²) in [5, 5.41) is 8.93. The van der Waals surface area contributed by atoms with Crippen LogP contribution in [0.15, 0.2) is 18.2 Å². The van der Waals surface area contributed by atoms with Gasteiger partial charge in [-0.1, -0.05) is 6.92 Å². The molecule has 4 heteroatoms. The lowest BCUT2D eigenvalue weighted by molar-refractivity contribution is -0.118. The van der Waals surface area contributed by atoms with E-state index >= 15 is 0 Å². The Balaban J connectivity index is 2.40. The first-order valence-electron chi connectivity index (χ1n) is 5.80. The third-order valence-electron chi connectivity index (χ3n) is 2.97. The topological polar surface area (TPSA) is 57.6 Å². The number of benzene rings is 1. The molecule has 17 heavy (non-hydrogen) atoms. The number of carboxylic acids is 1. The van der Waals surface area contributed by atoms with E-state index in [-0.39, 0.29) is 11.5 Å². The Morgan fingerprint density at radius 3 is 2.82 bits per heavy atom. The highest BCUT2D eigenvalue weighted by molar-refractivity contribution is 5.97. The number of carboxylic acid groups (broad SMARTS) is 1. The van der Waals surface area contributed by atoms with Gasteiger partial charge in [-0.2, -0.15) is 0 Å². The minimum Gasteiger partial charge on any atom is -0.478 e. The van der Waals surface area contributed by atoms with Crippen molar-refractivity contribution in [1.29, 1.82) is 0 Å². The summed E-state index contributed by atoms with van der Waals surface area (Å²) < 4.78 is 0. The Morgan fingerprint density at radius 1 is 1.41 bits per heavy atom. The van der Waals surface area contributed by atoms with Gasteiger partial charge in [0, 0.05) is 18.7 Å². The van der Waals surface area contributed by atoms with E-state index in [2.05, 4.69) is 0 Å². The number of aromatic carboxylic acids is 1. The van der Waals surface area contributed by atoms with E-state index in [9.17, 15) is 9.59 Å². The molecule has 0 aromatic heterocycles. The Morgan fingerprint density at radius 2 is 2.18 bits per heavy atom. The quantitative estimate of drug-likeness (QED) is 0.869. The number of fused-ring (bicyclic) bond motifs is 1. The van der Waals surface area contributed by atoms with Gasteiger partial charge in [-0.15, -0.1) is 0 Å². The van der Waals surface area contributed by atoms with E-state index in [4.69, 9.17) is 5.11 Å². The second-order valence-electron chi connectivity index (χ2n) is 4.19. The molecule has 0 saturated heterocycles. The first-order valence-corrected chi connectivity index (χ1v) is 5.80. The molecule has 1 amide bonds. The normalized spacial score (nSPS) is 14.6. The summed E-state index contributed by atoms with van der Waals surface area (Å²) in [5.41, 5.74) is 2.11. The summed E-state index contributed by atoms with van der Waals surface area (Å²) in [7, 11) is 0. The molecule has 0 aliphatic carbocycles. The van der Waals surface area contributed by atoms with Gasteiger partial charge in [0.05, 0.1) is 5.56 Å². The molecule has 1 aliphatic rings. The van der Waals surface area contributed by atoms with E-state index in [0.29, 0.717) is 19.4 Å². The first-order chi connectivity index (χ1) is 8.13. The number of nitrogens with zero attached hydrogens (tertiary/aromatic N) is 1. The van der Waals surface area contributed by atoms with Crippen LogP contribution in [0.3, 0.4) is 0 Å². The smallest absolute Gasteiger partial charge is 0.335 e. The Kier molecular flexibility index (Phi) is 3.13. The number of rotatable bonds is 3. The molecule has 1 N–H and O–H groups in total. The maximum Gasteiger partial charge on any atom is 0.335 e. The number of carbonyl (C=O) groups excluding carboxylic acids is 1. The SMILES string of the molecule is CCCN1C(=O)CCc2cc(C(=O)O)ccc21. The summed E-state index contributed by atoms with van der Waals surface area (Å²) in [6.07, 6.45) is 2.00. The lowest BCUT2D eigenvalue weighted by Crippen LogP contribution is -2.35. The van der Waals surface area contributed by atoms with Gasteiger partial charge in [0.1, 0.15) is 0 Å². The van der Waals surface area contributed by atoms with Gasteiger partial charge >= 0.3 is 5.97 Å². The van der Waals surface area contributed by atoms with Crippen LogP contribution in [0, 0.1) is 0 Å². The predicted molar refractivity (Wildman–Crippen MR) is 64.4 cm³/mol. The number of hydrogen-bond acceptors (Lipinski definition) is 2. The van der Waals surface area contributed by atoms with Crippen molar-refractivity contribution >= 4 is 17.6 Å².